The standard InChI is InChI=1S/C9H10N2O2S/c12-9(13)7-5-14-8(11-7)6-2-1-3-10-4-6/h1-4,7-8,11H,5H2,(H,12,13)/t7-,8-/m0/s1. The number of nitrogens with one attached hydrogen (secondary N) is 1. The molecule has 0 radical (unpaired) electrons. The predicted octanol–water partition coefficient (Wildman–Crippen LogP) is 0.870. The molecule has 0 unspecified atom stereocenters. The van der Waals surface area contributed by atoms with Crippen LogP contribution in [0.1, 0.15) is 10.9 Å². The van der Waals surface area contributed by atoms with E-state index in [4.69, 9.17) is 5.11 Å². The van der Waals surface area contributed by atoms with Gasteiger partial charge in [-0.25, -0.2) is 0 Å². The number of aromatic nitrogens is 1. The second-order valence-corrected chi connectivity index (χ2v) is 4.20. The average Bonchev–Trinajstić information content (AvgIpc) is 2.68. The molecule has 1 aromatic rings. The van der Waals surface area contributed by atoms with Gasteiger partial charge in [0.25, 0.3) is 0 Å². The molecule has 1 aliphatic heterocycles. The topological polar surface area (TPSA) is 62.2 Å². The maximum atomic E-state index is 10.7. The van der Waals surface area contributed by atoms with Crippen molar-refractivity contribution in [3.8, 4) is 0 Å². The van der Waals surface area contributed by atoms with Crippen LogP contribution in [0, 0.1) is 0 Å². The minimum Gasteiger partial charge on any atom is -0.480 e. The summed E-state index contributed by atoms with van der Waals surface area (Å²) >= 11 is 1.60. The van der Waals surface area contributed by atoms with Crippen molar-refractivity contribution in [2.24, 2.45) is 0 Å². The maximum absolute atomic E-state index is 10.7. The van der Waals surface area contributed by atoms with Crippen LogP contribution in [-0.2, 0) is 4.79 Å². The van der Waals surface area contributed by atoms with Crippen molar-refractivity contribution in [1.29, 1.82) is 0 Å². The monoisotopic (exact) mass is 210 g/mol. The third-order valence-electron chi connectivity index (χ3n) is 2.07. The summed E-state index contributed by atoms with van der Waals surface area (Å²) in [6.45, 7) is 0. The molecule has 2 rings (SSSR count). The number of carboxylic acid groups (broad SMARTS) is 1. The molecule has 1 aliphatic rings. The number of carboxylic acids is 1. The fourth-order valence-electron chi connectivity index (χ4n) is 1.34. The second kappa shape index (κ2) is 3.98. The molecule has 5 heteroatoms. The molecule has 1 aromatic heterocycles. The van der Waals surface area contributed by atoms with Gasteiger partial charge in [0.1, 0.15) is 6.04 Å². The summed E-state index contributed by atoms with van der Waals surface area (Å²) in [5, 5.41) is 11.9. The van der Waals surface area contributed by atoms with Gasteiger partial charge in [0.2, 0.25) is 0 Å². The van der Waals surface area contributed by atoms with E-state index in [0.717, 1.165) is 5.56 Å². The predicted molar refractivity (Wildman–Crippen MR) is 54.0 cm³/mol. The lowest BCUT2D eigenvalue weighted by Gasteiger charge is -2.09. The van der Waals surface area contributed by atoms with E-state index in [1.807, 2.05) is 12.1 Å². The summed E-state index contributed by atoms with van der Waals surface area (Å²) in [5.74, 6) is -0.182. The van der Waals surface area contributed by atoms with E-state index >= 15 is 0 Å². The first-order valence-electron chi connectivity index (χ1n) is 4.28. The van der Waals surface area contributed by atoms with Crippen LogP contribution in [0.4, 0.5) is 0 Å². The molecule has 2 heterocycles. The summed E-state index contributed by atoms with van der Waals surface area (Å²) in [6, 6.07) is 3.36. The number of rotatable bonds is 2. The van der Waals surface area contributed by atoms with Crippen molar-refractivity contribution >= 4 is 17.7 Å². The zero-order chi connectivity index (χ0) is 9.97. The Morgan fingerprint density at radius 3 is 3.14 bits per heavy atom. The van der Waals surface area contributed by atoms with Crippen LogP contribution in [0.2, 0.25) is 0 Å². The van der Waals surface area contributed by atoms with E-state index in [0.29, 0.717) is 5.75 Å². The molecule has 0 aliphatic carbocycles. The normalized spacial score (nSPS) is 26.3. The number of nitrogens with zero attached hydrogens (tertiary/aromatic N) is 1. The van der Waals surface area contributed by atoms with E-state index in [1.54, 1.807) is 24.2 Å². The highest BCUT2D eigenvalue weighted by Gasteiger charge is 2.30. The fraction of sp³-hybridized carbons (Fsp3) is 0.333. The first-order valence-corrected chi connectivity index (χ1v) is 5.32. The van der Waals surface area contributed by atoms with Gasteiger partial charge >= 0.3 is 5.97 Å². The zero-order valence-electron chi connectivity index (χ0n) is 7.38. The van der Waals surface area contributed by atoms with Gasteiger partial charge in [0.05, 0.1) is 5.37 Å². The van der Waals surface area contributed by atoms with Gasteiger partial charge in [-0.1, -0.05) is 6.07 Å². The van der Waals surface area contributed by atoms with Crippen LogP contribution in [0.25, 0.3) is 0 Å². The van der Waals surface area contributed by atoms with Gasteiger partial charge in [0.15, 0.2) is 0 Å². The van der Waals surface area contributed by atoms with E-state index in [2.05, 4.69) is 10.3 Å². The van der Waals surface area contributed by atoms with Crippen molar-refractivity contribution in [1.82, 2.24) is 10.3 Å². The molecule has 2 N–H and O–H groups in total. The molecule has 1 fully saturated rings. The Hall–Kier alpha value is -1.07. The summed E-state index contributed by atoms with van der Waals surface area (Å²) in [5.41, 5.74) is 1.03. The van der Waals surface area contributed by atoms with Crippen molar-refractivity contribution in [3.05, 3.63) is 30.1 Å². The van der Waals surface area contributed by atoms with Crippen molar-refractivity contribution in [2.75, 3.05) is 5.75 Å². The van der Waals surface area contributed by atoms with E-state index in [9.17, 15) is 4.79 Å². The van der Waals surface area contributed by atoms with Gasteiger partial charge in [-0.05, 0) is 11.6 Å². The van der Waals surface area contributed by atoms with Crippen LogP contribution in [-0.4, -0.2) is 27.9 Å². The fourth-order valence-corrected chi connectivity index (χ4v) is 2.55. The van der Waals surface area contributed by atoms with Crippen molar-refractivity contribution in [3.63, 3.8) is 0 Å². The average molecular weight is 210 g/mol. The highest BCUT2D eigenvalue weighted by molar-refractivity contribution is 7.99. The van der Waals surface area contributed by atoms with Gasteiger partial charge in [-0.2, -0.15) is 0 Å². The van der Waals surface area contributed by atoms with Crippen LogP contribution < -0.4 is 5.32 Å². The molecule has 0 aromatic carbocycles. The number of thioether (sulfide) groups is 1. The minimum atomic E-state index is -0.788. The maximum Gasteiger partial charge on any atom is 0.321 e. The molecule has 74 valence electrons. The van der Waals surface area contributed by atoms with Crippen LogP contribution >= 0.6 is 11.8 Å². The summed E-state index contributed by atoms with van der Waals surface area (Å²) in [7, 11) is 0. The number of hydrogen-bond donors (Lipinski definition) is 2. The second-order valence-electron chi connectivity index (χ2n) is 3.06. The van der Waals surface area contributed by atoms with Crippen LogP contribution in [0.15, 0.2) is 24.5 Å². The number of pyridine rings is 1. The third kappa shape index (κ3) is 1.88. The highest BCUT2D eigenvalue weighted by Crippen LogP contribution is 2.31. The molecule has 14 heavy (non-hydrogen) atoms. The summed E-state index contributed by atoms with van der Waals surface area (Å²) in [6.07, 6.45) is 3.46. The number of aliphatic carboxylic acids is 1. The largest absolute Gasteiger partial charge is 0.480 e. The van der Waals surface area contributed by atoms with Gasteiger partial charge in [-0.3, -0.25) is 15.1 Å². The van der Waals surface area contributed by atoms with E-state index in [-0.39, 0.29) is 5.37 Å². The Morgan fingerprint density at radius 2 is 2.57 bits per heavy atom. The lowest BCUT2D eigenvalue weighted by atomic mass is 10.2. The smallest absolute Gasteiger partial charge is 0.321 e. The molecular weight excluding hydrogens is 200 g/mol. The van der Waals surface area contributed by atoms with E-state index < -0.39 is 12.0 Å². The lowest BCUT2D eigenvalue weighted by Crippen LogP contribution is -2.33. The quantitative estimate of drug-likeness (QED) is 0.758. The highest BCUT2D eigenvalue weighted by atomic mass is 32.2. The first kappa shape index (κ1) is 9.48. The van der Waals surface area contributed by atoms with Crippen LogP contribution in [0.5, 0.6) is 0 Å². The Morgan fingerprint density at radius 1 is 1.71 bits per heavy atom. The Balaban J connectivity index is 2.06. The Labute approximate surface area is 85.7 Å². The molecule has 0 spiro atoms. The van der Waals surface area contributed by atoms with Gasteiger partial charge in [-0.15, -0.1) is 11.8 Å². The first-order chi connectivity index (χ1) is 6.77. The van der Waals surface area contributed by atoms with Crippen molar-refractivity contribution in [2.45, 2.75) is 11.4 Å². The number of carbonyl (C=O) groups is 1. The number of hydrogen-bond acceptors (Lipinski definition) is 4. The Kier molecular flexibility index (Phi) is 2.69. The lowest BCUT2D eigenvalue weighted by molar-refractivity contribution is -0.138. The van der Waals surface area contributed by atoms with Gasteiger partial charge in [0, 0.05) is 18.1 Å². The zero-order valence-corrected chi connectivity index (χ0v) is 8.20. The SMILES string of the molecule is O=C(O)[C@@H]1CS[C@@H](c2cccnc2)N1. The molecule has 0 bridgehead atoms. The molecule has 1 saturated heterocycles. The molecule has 4 nitrogen and oxygen atoms in total. The summed E-state index contributed by atoms with van der Waals surface area (Å²) in [4.78, 5) is 14.7. The molecule has 0 saturated carbocycles. The Bertz CT molecular complexity index is 331. The van der Waals surface area contributed by atoms with E-state index in [1.165, 1.54) is 0 Å². The third-order valence-corrected chi connectivity index (χ3v) is 3.33. The van der Waals surface area contributed by atoms with Crippen LogP contribution in [0.3, 0.4) is 0 Å². The molecule has 2 atom stereocenters. The van der Waals surface area contributed by atoms with Crippen molar-refractivity contribution < 1.29 is 9.90 Å². The summed E-state index contributed by atoms with van der Waals surface area (Å²) < 4.78 is 0. The molecule has 0 amide bonds. The van der Waals surface area contributed by atoms with Gasteiger partial charge < -0.3 is 5.11 Å². The molecular formula is C9H10N2O2S. The minimum absolute atomic E-state index is 0.0600.